The molecule has 2 amide bonds. The van der Waals surface area contributed by atoms with Crippen molar-refractivity contribution in [1.82, 2.24) is 0 Å². The van der Waals surface area contributed by atoms with Crippen molar-refractivity contribution in [2.24, 2.45) is 11.8 Å². The number of esters is 1. The predicted molar refractivity (Wildman–Crippen MR) is 138 cm³/mol. The van der Waals surface area contributed by atoms with Crippen LogP contribution in [0, 0.1) is 11.8 Å². The summed E-state index contributed by atoms with van der Waals surface area (Å²) in [6.45, 7) is 0.148. The van der Waals surface area contributed by atoms with E-state index in [1.807, 2.05) is 54.6 Å². The molecule has 5 nitrogen and oxygen atoms in total. The van der Waals surface area contributed by atoms with E-state index in [0.717, 1.165) is 27.8 Å². The maximum atomic E-state index is 13.9. The smallest absolute Gasteiger partial charge is 0.338 e. The Morgan fingerprint density at radius 3 is 1.70 bits per heavy atom. The van der Waals surface area contributed by atoms with Gasteiger partial charge in [-0.3, -0.25) is 9.59 Å². The van der Waals surface area contributed by atoms with Gasteiger partial charge < -0.3 is 4.74 Å². The molecular formula is C32H23NO4. The summed E-state index contributed by atoms with van der Waals surface area (Å²) in [6, 6.07) is 32.4. The van der Waals surface area contributed by atoms with Crippen molar-refractivity contribution in [1.29, 1.82) is 0 Å². The third kappa shape index (κ3) is 3.20. The lowest BCUT2D eigenvalue weighted by atomic mass is 9.55. The average molecular weight is 486 g/mol. The van der Waals surface area contributed by atoms with Crippen LogP contribution in [0.1, 0.15) is 50.0 Å². The van der Waals surface area contributed by atoms with Gasteiger partial charge in [0.25, 0.3) is 0 Å². The first-order valence-corrected chi connectivity index (χ1v) is 12.5. The SMILES string of the molecule is O=C(OCc1ccccc1)c1cccc(N2C(=O)[C@@H]3C4c5ccccc5C(c5ccccc54)[C@H]3C2=O)c1. The zero-order valence-corrected chi connectivity index (χ0v) is 19.9. The van der Waals surface area contributed by atoms with Crippen LogP contribution in [0.25, 0.3) is 0 Å². The van der Waals surface area contributed by atoms with Crippen molar-refractivity contribution in [3.8, 4) is 0 Å². The number of hydrogen-bond acceptors (Lipinski definition) is 4. The molecule has 0 aromatic heterocycles. The van der Waals surface area contributed by atoms with Crippen molar-refractivity contribution in [3.05, 3.63) is 137 Å². The van der Waals surface area contributed by atoms with E-state index in [0.29, 0.717) is 11.3 Å². The number of carbonyl (C=O) groups is 3. The Labute approximate surface area is 214 Å². The number of hydrogen-bond donors (Lipinski definition) is 0. The molecule has 1 heterocycles. The molecule has 0 unspecified atom stereocenters. The van der Waals surface area contributed by atoms with E-state index in [-0.39, 0.29) is 30.3 Å². The van der Waals surface area contributed by atoms with Gasteiger partial charge >= 0.3 is 5.97 Å². The number of amides is 2. The second kappa shape index (κ2) is 8.27. The zero-order valence-electron chi connectivity index (χ0n) is 19.9. The Bertz CT molecular complexity index is 1460. The minimum Gasteiger partial charge on any atom is -0.457 e. The van der Waals surface area contributed by atoms with Crippen LogP contribution in [-0.4, -0.2) is 17.8 Å². The van der Waals surface area contributed by atoms with Gasteiger partial charge in [-0.2, -0.15) is 0 Å². The van der Waals surface area contributed by atoms with E-state index in [2.05, 4.69) is 24.3 Å². The summed E-state index contributed by atoms with van der Waals surface area (Å²) in [6.07, 6.45) is 0. The summed E-state index contributed by atoms with van der Waals surface area (Å²) in [7, 11) is 0. The van der Waals surface area contributed by atoms with Gasteiger partial charge in [0.05, 0.1) is 23.1 Å². The average Bonchev–Trinajstić information content (AvgIpc) is 3.22. The molecule has 0 N–H and O–H groups in total. The third-order valence-electron chi connectivity index (χ3n) is 8.00. The topological polar surface area (TPSA) is 63.7 Å². The number of benzene rings is 4. The Balaban J connectivity index is 1.23. The van der Waals surface area contributed by atoms with Crippen LogP contribution in [-0.2, 0) is 20.9 Å². The van der Waals surface area contributed by atoms with E-state index < -0.39 is 17.8 Å². The van der Waals surface area contributed by atoms with Gasteiger partial charge in [-0.25, -0.2) is 9.69 Å². The molecule has 180 valence electrons. The molecule has 3 aliphatic carbocycles. The highest BCUT2D eigenvalue weighted by Gasteiger charge is 2.61. The summed E-state index contributed by atoms with van der Waals surface area (Å²) in [5.74, 6) is -2.16. The summed E-state index contributed by atoms with van der Waals surface area (Å²) >= 11 is 0. The first-order chi connectivity index (χ1) is 18.1. The molecule has 5 heteroatoms. The zero-order chi connectivity index (χ0) is 25.1. The largest absolute Gasteiger partial charge is 0.457 e. The summed E-state index contributed by atoms with van der Waals surface area (Å²) in [5.41, 5.74) is 6.13. The van der Waals surface area contributed by atoms with Crippen molar-refractivity contribution >= 4 is 23.5 Å². The predicted octanol–water partition coefficient (Wildman–Crippen LogP) is 5.44. The number of imide groups is 1. The second-order valence-electron chi connectivity index (χ2n) is 9.89. The van der Waals surface area contributed by atoms with Crippen LogP contribution in [0.3, 0.4) is 0 Å². The Kier molecular flexibility index (Phi) is 4.86. The van der Waals surface area contributed by atoms with Crippen LogP contribution in [0.15, 0.2) is 103 Å². The number of carbonyl (C=O) groups excluding carboxylic acids is 3. The molecule has 4 aromatic rings. The molecule has 1 saturated heterocycles. The van der Waals surface area contributed by atoms with E-state index >= 15 is 0 Å². The van der Waals surface area contributed by atoms with Crippen LogP contribution in [0.4, 0.5) is 5.69 Å². The lowest BCUT2D eigenvalue weighted by Crippen LogP contribution is -2.41. The first kappa shape index (κ1) is 21.7. The van der Waals surface area contributed by atoms with Crippen molar-refractivity contribution in [2.45, 2.75) is 18.4 Å². The van der Waals surface area contributed by atoms with Crippen LogP contribution in [0.5, 0.6) is 0 Å². The summed E-state index contributed by atoms with van der Waals surface area (Å²) in [5, 5.41) is 0. The van der Waals surface area contributed by atoms with Gasteiger partial charge in [-0.05, 0) is 46.0 Å². The molecule has 1 aliphatic heterocycles. The van der Waals surface area contributed by atoms with E-state index in [1.54, 1.807) is 24.3 Å². The van der Waals surface area contributed by atoms with Gasteiger partial charge in [0.2, 0.25) is 11.8 Å². The fourth-order valence-electron chi connectivity index (χ4n) is 6.51. The van der Waals surface area contributed by atoms with E-state index in [9.17, 15) is 14.4 Å². The van der Waals surface area contributed by atoms with E-state index in [1.165, 1.54) is 4.90 Å². The number of nitrogens with zero attached hydrogens (tertiary/aromatic N) is 1. The maximum Gasteiger partial charge on any atom is 0.338 e. The lowest BCUT2D eigenvalue weighted by Gasteiger charge is -2.45. The van der Waals surface area contributed by atoms with Crippen LogP contribution >= 0.6 is 0 Å². The molecule has 0 spiro atoms. The highest BCUT2D eigenvalue weighted by Crippen LogP contribution is 2.61. The third-order valence-corrected chi connectivity index (χ3v) is 8.00. The monoisotopic (exact) mass is 485 g/mol. The van der Waals surface area contributed by atoms with Gasteiger partial charge in [0, 0.05) is 11.8 Å². The highest BCUT2D eigenvalue weighted by atomic mass is 16.5. The van der Waals surface area contributed by atoms with Gasteiger partial charge in [-0.15, -0.1) is 0 Å². The van der Waals surface area contributed by atoms with Crippen LogP contribution in [0.2, 0.25) is 0 Å². The minimum atomic E-state index is -0.498. The normalized spacial score (nSPS) is 22.9. The Hall–Kier alpha value is -4.51. The number of rotatable bonds is 4. The van der Waals surface area contributed by atoms with Gasteiger partial charge in [0.15, 0.2) is 0 Å². The van der Waals surface area contributed by atoms with Crippen molar-refractivity contribution < 1.29 is 19.1 Å². The second-order valence-corrected chi connectivity index (χ2v) is 9.89. The molecular weight excluding hydrogens is 462 g/mol. The first-order valence-electron chi connectivity index (χ1n) is 12.5. The fraction of sp³-hybridized carbons (Fsp3) is 0.156. The molecule has 4 aromatic carbocycles. The van der Waals surface area contributed by atoms with Crippen LogP contribution < -0.4 is 4.90 Å². The summed E-state index contributed by atoms with van der Waals surface area (Å²) < 4.78 is 5.48. The molecule has 37 heavy (non-hydrogen) atoms. The summed E-state index contributed by atoms with van der Waals surface area (Å²) in [4.78, 5) is 42.0. The number of ether oxygens (including phenoxy) is 1. The van der Waals surface area contributed by atoms with Crippen molar-refractivity contribution in [2.75, 3.05) is 4.90 Å². The lowest BCUT2D eigenvalue weighted by molar-refractivity contribution is -0.122. The fourth-order valence-corrected chi connectivity index (χ4v) is 6.51. The van der Waals surface area contributed by atoms with Gasteiger partial charge in [0.1, 0.15) is 6.61 Å². The quantitative estimate of drug-likeness (QED) is 0.285. The molecule has 4 aliphatic rings. The maximum absolute atomic E-state index is 13.9. The van der Waals surface area contributed by atoms with Gasteiger partial charge in [-0.1, -0.05) is 84.9 Å². The standard InChI is InChI=1S/C32H23NO4/c34-30-28-26-22-13-4-5-14-23(22)27(25-16-7-6-15-24(25)26)29(28)31(35)33(30)21-12-8-11-20(17-21)32(36)37-18-19-9-2-1-3-10-19/h1-17,26-29H,18H2/t26?,27?,28-,29-/m1/s1. The molecule has 0 radical (unpaired) electrons. The molecule has 2 atom stereocenters. The number of anilines is 1. The minimum absolute atomic E-state index is 0.148. The molecule has 0 saturated carbocycles. The highest BCUT2D eigenvalue weighted by molar-refractivity contribution is 6.23. The molecule has 2 bridgehead atoms. The Morgan fingerprint density at radius 1 is 0.649 bits per heavy atom. The van der Waals surface area contributed by atoms with E-state index in [4.69, 9.17) is 4.74 Å². The molecule has 1 fully saturated rings. The van der Waals surface area contributed by atoms with Crippen molar-refractivity contribution in [3.63, 3.8) is 0 Å². The Morgan fingerprint density at radius 2 is 1.16 bits per heavy atom. The molecule has 8 rings (SSSR count).